The maximum Gasteiger partial charge on any atom is 0.339 e. The highest BCUT2D eigenvalue weighted by molar-refractivity contribution is 6.07. The summed E-state index contributed by atoms with van der Waals surface area (Å²) in [6.07, 6.45) is 4.58. The van der Waals surface area contributed by atoms with Crippen LogP contribution in [0.4, 0.5) is 4.39 Å². The van der Waals surface area contributed by atoms with Crippen molar-refractivity contribution in [2.24, 2.45) is 0 Å². The molecule has 2 heterocycles. The Morgan fingerprint density at radius 3 is 2.68 bits per heavy atom. The number of esters is 1. The molecule has 5 heteroatoms. The van der Waals surface area contributed by atoms with E-state index in [1.54, 1.807) is 25.3 Å². The van der Waals surface area contributed by atoms with Crippen LogP contribution in [0.3, 0.4) is 0 Å². The molecule has 31 heavy (non-hydrogen) atoms. The highest BCUT2D eigenvalue weighted by atomic mass is 19.1. The summed E-state index contributed by atoms with van der Waals surface area (Å²) < 4.78 is 24.5. The first-order chi connectivity index (χ1) is 15.1. The summed E-state index contributed by atoms with van der Waals surface area (Å²) in [6.45, 7) is 1.79. The molecule has 2 aromatic carbocycles. The summed E-state index contributed by atoms with van der Waals surface area (Å²) in [5.74, 6) is 0.0360. The Hall–Kier alpha value is -3.73. The number of carbonyl (C=O) groups is 1. The van der Waals surface area contributed by atoms with E-state index in [4.69, 9.17) is 14.1 Å². The summed E-state index contributed by atoms with van der Waals surface area (Å²) in [5.41, 5.74) is 4.79. The number of hydrogen-bond acceptors (Lipinski definition) is 4. The van der Waals surface area contributed by atoms with Crippen molar-refractivity contribution in [3.63, 3.8) is 0 Å². The van der Waals surface area contributed by atoms with E-state index in [1.165, 1.54) is 12.1 Å². The Kier molecular flexibility index (Phi) is 4.86. The van der Waals surface area contributed by atoms with Crippen LogP contribution >= 0.6 is 0 Å². The van der Waals surface area contributed by atoms with Gasteiger partial charge < -0.3 is 9.15 Å². The van der Waals surface area contributed by atoms with E-state index in [0.717, 1.165) is 45.5 Å². The fraction of sp³-hybridized carbons (Fsp3) is 0.154. The average molecular weight is 413 g/mol. The van der Waals surface area contributed by atoms with Gasteiger partial charge in [0.2, 0.25) is 0 Å². The van der Waals surface area contributed by atoms with Crippen molar-refractivity contribution >= 4 is 28.5 Å². The Morgan fingerprint density at radius 1 is 1.10 bits per heavy atom. The van der Waals surface area contributed by atoms with Gasteiger partial charge >= 0.3 is 5.97 Å². The molecule has 1 atom stereocenters. The maximum atomic E-state index is 13.3. The Balaban J connectivity index is 1.56. The van der Waals surface area contributed by atoms with E-state index < -0.39 is 12.1 Å². The molecule has 0 bridgehead atoms. The lowest BCUT2D eigenvalue weighted by Gasteiger charge is -2.17. The lowest BCUT2D eigenvalue weighted by atomic mass is 10.0. The van der Waals surface area contributed by atoms with Crippen molar-refractivity contribution in [2.75, 3.05) is 0 Å². The third-order valence-electron chi connectivity index (χ3n) is 5.63. The number of aromatic nitrogens is 1. The molecule has 0 fully saturated rings. The van der Waals surface area contributed by atoms with E-state index in [9.17, 15) is 9.18 Å². The Bertz CT molecular complexity index is 1290. The van der Waals surface area contributed by atoms with Gasteiger partial charge in [0, 0.05) is 5.39 Å². The molecule has 0 unspecified atom stereocenters. The van der Waals surface area contributed by atoms with Crippen molar-refractivity contribution in [2.45, 2.75) is 25.9 Å². The summed E-state index contributed by atoms with van der Waals surface area (Å²) in [5, 5.41) is 0.775. The van der Waals surface area contributed by atoms with E-state index in [1.807, 2.05) is 42.5 Å². The first-order valence-electron chi connectivity index (χ1n) is 10.2. The number of furan rings is 1. The number of hydrogen-bond donors (Lipinski definition) is 0. The quantitative estimate of drug-likeness (QED) is 0.365. The molecule has 4 aromatic rings. The third kappa shape index (κ3) is 3.63. The molecule has 0 saturated carbocycles. The van der Waals surface area contributed by atoms with Gasteiger partial charge in [-0.15, -0.1) is 0 Å². The highest BCUT2D eigenvalue weighted by Gasteiger charge is 2.28. The number of benzene rings is 2. The highest BCUT2D eigenvalue weighted by Crippen LogP contribution is 2.38. The maximum absolute atomic E-state index is 13.3. The number of rotatable bonds is 4. The minimum Gasteiger partial charge on any atom is -0.465 e. The smallest absolute Gasteiger partial charge is 0.339 e. The van der Waals surface area contributed by atoms with Crippen LogP contribution in [-0.4, -0.2) is 11.0 Å². The molecule has 154 valence electrons. The second kappa shape index (κ2) is 7.84. The van der Waals surface area contributed by atoms with Gasteiger partial charge in [0.05, 0.1) is 23.0 Å². The lowest BCUT2D eigenvalue weighted by Crippen LogP contribution is -2.13. The zero-order valence-electron chi connectivity index (χ0n) is 17.0. The summed E-state index contributed by atoms with van der Waals surface area (Å²) in [6, 6.07) is 17.3. The standard InChI is InChI=1S/C26H20FNO3/c1-16(17-8-11-19(27)12-9-17)31-26(29)24-21-6-2-3-7-23(21)28-25-18(10-13-22(24)25)15-20-5-4-14-30-20/h2-9,11-12,14-16H,10,13H2,1H3/b18-15+/t16-/m1/s1. The van der Waals surface area contributed by atoms with E-state index in [-0.39, 0.29) is 5.82 Å². The van der Waals surface area contributed by atoms with Gasteiger partial charge in [-0.25, -0.2) is 14.2 Å². The molecule has 2 aromatic heterocycles. The molecule has 0 amide bonds. The topological polar surface area (TPSA) is 52.3 Å². The fourth-order valence-corrected chi connectivity index (χ4v) is 4.08. The number of fused-ring (bicyclic) bond motifs is 2. The first kappa shape index (κ1) is 19.2. The van der Waals surface area contributed by atoms with Gasteiger partial charge in [-0.2, -0.15) is 0 Å². The third-order valence-corrected chi connectivity index (χ3v) is 5.63. The zero-order valence-corrected chi connectivity index (χ0v) is 17.0. The average Bonchev–Trinajstić information content (AvgIpc) is 3.43. The number of pyridine rings is 1. The van der Waals surface area contributed by atoms with Crippen LogP contribution in [-0.2, 0) is 11.2 Å². The largest absolute Gasteiger partial charge is 0.465 e. The molecule has 0 saturated heterocycles. The van der Waals surface area contributed by atoms with Crippen LogP contribution in [0.25, 0.3) is 22.6 Å². The minimum atomic E-state index is -0.504. The number of carbonyl (C=O) groups excluding carboxylic acids is 1. The molecule has 0 radical (unpaired) electrons. The summed E-state index contributed by atoms with van der Waals surface area (Å²) >= 11 is 0. The van der Waals surface area contributed by atoms with Crippen LogP contribution in [0.15, 0.2) is 71.3 Å². The number of para-hydroxylation sites is 1. The molecule has 4 nitrogen and oxygen atoms in total. The van der Waals surface area contributed by atoms with E-state index in [0.29, 0.717) is 12.0 Å². The van der Waals surface area contributed by atoms with Gasteiger partial charge in [0.15, 0.2) is 0 Å². The first-order valence-corrected chi connectivity index (χ1v) is 10.2. The van der Waals surface area contributed by atoms with Gasteiger partial charge in [0.25, 0.3) is 0 Å². The van der Waals surface area contributed by atoms with Crippen LogP contribution in [0.5, 0.6) is 0 Å². The molecule has 0 N–H and O–H groups in total. The summed E-state index contributed by atoms with van der Waals surface area (Å²) in [7, 11) is 0. The predicted molar refractivity (Wildman–Crippen MR) is 117 cm³/mol. The number of halogens is 1. The molecule has 1 aliphatic carbocycles. The lowest BCUT2D eigenvalue weighted by molar-refractivity contribution is 0.0339. The summed E-state index contributed by atoms with van der Waals surface area (Å²) in [4.78, 5) is 18.2. The SMILES string of the molecule is C[C@@H](OC(=O)c1c2c(nc3ccccc13)/C(=C/c1ccco1)CC2)c1ccc(F)cc1. The van der Waals surface area contributed by atoms with Crippen LogP contribution in [0.1, 0.15) is 52.4 Å². The monoisotopic (exact) mass is 413 g/mol. The fourth-order valence-electron chi connectivity index (χ4n) is 4.08. The minimum absolute atomic E-state index is 0.323. The normalized spacial score (nSPS) is 15.2. The number of nitrogens with zero attached hydrogens (tertiary/aromatic N) is 1. The van der Waals surface area contributed by atoms with Gasteiger partial charge in [-0.1, -0.05) is 30.3 Å². The van der Waals surface area contributed by atoms with Crippen LogP contribution in [0.2, 0.25) is 0 Å². The molecular formula is C26H20FNO3. The zero-order chi connectivity index (χ0) is 21.4. The van der Waals surface area contributed by atoms with E-state index >= 15 is 0 Å². The second-order valence-electron chi connectivity index (χ2n) is 7.62. The van der Waals surface area contributed by atoms with Crippen molar-refractivity contribution in [1.29, 1.82) is 0 Å². The molecule has 0 aliphatic heterocycles. The molecule has 5 rings (SSSR count). The van der Waals surface area contributed by atoms with Crippen LogP contribution in [0, 0.1) is 5.82 Å². The molecule has 1 aliphatic rings. The van der Waals surface area contributed by atoms with Gasteiger partial charge in [-0.3, -0.25) is 0 Å². The second-order valence-corrected chi connectivity index (χ2v) is 7.62. The Morgan fingerprint density at radius 2 is 1.90 bits per heavy atom. The molecular weight excluding hydrogens is 393 g/mol. The predicted octanol–water partition coefficient (Wildman–Crippen LogP) is 6.37. The number of allylic oxidation sites excluding steroid dienone is 1. The van der Waals surface area contributed by atoms with Crippen molar-refractivity contribution in [3.8, 4) is 0 Å². The van der Waals surface area contributed by atoms with Crippen molar-refractivity contribution < 1.29 is 18.3 Å². The van der Waals surface area contributed by atoms with Gasteiger partial charge in [-0.05, 0) is 72.9 Å². The number of ether oxygens (including phenoxy) is 1. The molecule has 0 spiro atoms. The van der Waals surface area contributed by atoms with Crippen LogP contribution < -0.4 is 0 Å². The van der Waals surface area contributed by atoms with Crippen molar-refractivity contribution in [3.05, 3.63) is 101 Å². The van der Waals surface area contributed by atoms with Gasteiger partial charge in [0.1, 0.15) is 17.7 Å². The van der Waals surface area contributed by atoms with E-state index in [2.05, 4.69) is 0 Å². The van der Waals surface area contributed by atoms with Crippen molar-refractivity contribution in [1.82, 2.24) is 4.98 Å². The Labute approximate surface area is 179 Å².